The molecule has 22 heavy (non-hydrogen) atoms. The maximum absolute atomic E-state index is 12.5. The molecule has 0 amide bonds. The number of benzene rings is 1. The highest BCUT2D eigenvalue weighted by molar-refractivity contribution is 7.89. The van der Waals surface area contributed by atoms with E-state index in [-0.39, 0.29) is 6.04 Å². The summed E-state index contributed by atoms with van der Waals surface area (Å²) in [5, 5.41) is 0. The van der Waals surface area contributed by atoms with Gasteiger partial charge in [0, 0.05) is 6.04 Å². The van der Waals surface area contributed by atoms with Crippen molar-refractivity contribution in [3.05, 3.63) is 29.8 Å². The van der Waals surface area contributed by atoms with Gasteiger partial charge in [0.25, 0.3) is 0 Å². The molecule has 1 aromatic carbocycles. The molecule has 0 radical (unpaired) electrons. The van der Waals surface area contributed by atoms with Crippen molar-refractivity contribution in [2.24, 2.45) is 0 Å². The number of hydrogen-bond donors (Lipinski definition) is 1. The van der Waals surface area contributed by atoms with Gasteiger partial charge in [0.1, 0.15) is 0 Å². The van der Waals surface area contributed by atoms with Crippen molar-refractivity contribution >= 4 is 10.0 Å². The van der Waals surface area contributed by atoms with E-state index in [0.717, 1.165) is 44.9 Å². The van der Waals surface area contributed by atoms with E-state index in [9.17, 15) is 8.42 Å². The first kappa shape index (κ1) is 17.5. The molecule has 0 saturated heterocycles. The Bertz CT molecular complexity index is 529. The van der Waals surface area contributed by atoms with Crippen molar-refractivity contribution in [1.29, 1.82) is 0 Å². The fourth-order valence-electron chi connectivity index (χ4n) is 3.08. The SMILES string of the molecule is CCCCc1ccc(S(=O)(=O)NC2CCCCCCC2)cc1. The number of unbranched alkanes of at least 4 members (excludes halogenated alkanes) is 1. The molecule has 0 aliphatic heterocycles. The molecule has 1 aliphatic rings. The van der Waals surface area contributed by atoms with Crippen LogP contribution >= 0.6 is 0 Å². The minimum Gasteiger partial charge on any atom is -0.208 e. The van der Waals surface area contributed by atoms with Gasteiger partial charge in [0.15, 0.2) is 0 Å². The fourth-order valence-corrected chi connectivity index (χ4v) is 4.38. The molecule has 1 N–H and O–H groups in total. The van der Waals surface area contributed by atoms with Gasteiger partial charge in [-0.25, -0.2) is 13.1 Å². The zero-order valence-electron chi connectivity index (χ0n) is 13.7. The number of hydrogen-bond acceptors (Lipinski definition) is 2. The normalized spacial score (nSPS) is 17.9. The zero-order chi connectivity index (χ0) is 15.8. The average Bonchev–Trinajstić information content (AvgIpc) is 2.48. The van der Waals surface area contributed by atoms with Crippen LogP contribution in [0.2, 0.25) is 0 Å². The van der Waals surface area contributed by atoms with E-state index in [2.05, 4.69) is 11.6 Å². The van der Waals surface area contributed by atoms with Gasteiger partial charge >= 0.3 is 0 Å². The first-order valence-corrected chi connectivity index (χ1v) is 10.2. The molecule has 0 heterocycles. The van der Waals surface area contributed by atoms with Gasteiger partial charge in [0.2, 0.25) is 10.0 Å². The molecule has 1 aliphatic carbocycles. The Kier molecular flexibility index (Phi) is 6.90. The molecule has 2 rings (SSSR count). The Morgan fingerprint density at radius 1 is 1.00 bits per heavy atom. The van der Waals surface area contributed by atoms with Crippen molar-refractivity contribution < 1.29 is 8.42 Å². The molecule has 0 spiro atoms. The molecular formula is C18H29NO2S. The molecule has 1 saturated carbocycles. The highest BCUT2D eigenvalue weighted by atomic mass is 32.2. The third-order valence-electron chi connectivity index (χ3n) is 4.48. The van der Waals surface area contributed by atoms with Crippen LogP contribution in [0.1, 0.15) is 70.3 Å². The Labute approximate surface area is 135 Å². The third kappa shape index (κ3) is 5.40. The monoisotopic (exact) mass is 323 g/mol. The van der Waals surface area contributed by atoms with Crippen LogP contribution in [0, 0.1) is 0 Å². The van der Waals surface area contributed by atoms with E-state index < -0.39 is 10.0 Å². The molecule has 4 heteroatoms. The maximum atomic E-state index is 12.5. The van der Waals surface area contributed by atoms with E-state index in [1.807, 2.05) is 12.1 Å². The Hall–Kier alpha value is -0.870. The van der Waals surface area contributed by atoms with Crippen molar-refractivity contribution in [1.82, 2.24) is 4.72 Å². The molecular weight excluding hydrogens is 294 g/mol. The third-order valence-corrected chi connectivity index (χ3v) is 6.02. The van der Waals surface area contributed by atoms with E-state index in [4.69, 9.17) is 0 Å². The summed E-state index contributed by atoms with van der Waals surface area (Å²) in [6.07, 6.45) is 11.3. The minimum absolute atomic E-state index is 0.102. The van der Waals surface area contributed by atoms with Crippen LogP contribution in [-0.4, -0.2) is 14.5 Å². The summed E-state index contributed by atoms with van der Waals surface area (Å²) in [6.45, 7) is 2.16. The van der Waals surface area contributed by atoms with Crippen LogP contribution in [-0.2, 0) is 16.4 Å². The molecule has 124 valence electrons. The molecule has 1 aromatic rings. The Morgan fingerprint density at radius 2 is 1.59 bits per heavy atom. The summed E-state index contributed by atoms with van der Waals surface area (Å²) in [5.41, 5.74) is 1.21. The van der Waals surface area contributed by atoms with Crippen molar-refractivity contribution in [2.75, 3.05) is 0 Å². The fraction of sp³-hybridized carbons (Fsp3) is 0.667. The van der Waals surface area contributed by atoms with Gasteiger partial charge in [-0.15, -0.1) is 0 Å². The topological polar surface area (TPSA) is 46.2 Å². The van der Waals surface area contributed by atoms with Crippen LogP contribution in [0.4, 0.5) is 0 Å². The van der Waals surface area contributed by atoms with Crippen molar-refractivity contribution in [3.8, 4) is 0 Å². The van der Waals surface area contributed by atoms with Crippen molar-refractivity contribution in [2.45, 2.75) is 82.1 Å². The first-order chi connectivity index (χ1) is 10.6. The Balaban J connectivity index is 1.99. The van der Waals surface area contributed by atoms with E-state index in [0.29, 0.717) is 4.90 Å². The van der Waals surface area contributed by atoms with Gasteiger partial charge in [-0.1, -0.05) is 57.6 Å². The molecule has 1 fully saturated rings. The lowest BCUT2D eigenvalue weighted by Gasteiger charge is -2.21. The van der Waals surface area contributed by atoms with Gasteiger partial charge in [-0.05, 0) is 43.4 Å². The van der Waals surface area contributed by atoms with Crippen LogP contribution in [0.3, 0.4) is 0 Å². The van der Waals surface area contributed by atoms with Crippen molar-refractivity contribution in [3.63, 3.8) is 0 Å². The smallest absolute Gasteiger partial charge is 0.208 e. The largest absolute Gasteiger partial charge is 0.240 e. The zero-order valence-corrected chi connectivity index (χ0v) is 14.5. The molecule has 0 aromatic heterocycles. The van der Waals surface area contributed by atoms with Gasteiger partial charge in [-0.3, -0.25) is 0 Å². The lowest BCUT2D eigenvalue weighted by molar-refractivity contribution is 0.426. The van der Waals surface area contributed by atoms with Crippen LogP contribution < -0.4 is 4.72 Å². The van der Waals surface area contributed by atoms with Gasteiger partial charge < -0.3 is 0 Å². The predicted molar refractivity (Wildman–Crippen MR) is 91.5 cm³/mol. The number of nitrogens with one attached hydrogen (secondary N) is 1. The molecule has 0 unspecified atom stereocenters. The van der Waals surface area contributed by atoms with Gasteiger partial charge in [0.05, 0.1) is 4.90 Å². The number of sulfonamides is 1. The average molecular weight is 324 g/mol. The van der Waals surface area contributed by atoms with Gasteiger partial charge in [-0.2, -0.15) is 0 Å². The number of aryl methyl sites for hydroxylation is 1. The first-order valence-electron chi connectivity index (χ1n) is 8.73. The lowest BCUT2D eigenvalue weighted by atomic mass is 9.97. The standard InChI is InChI=1S/C18H29NO2S/c1-2-3-9-16-12-14-18(15-13-16)22(20,21)19-17-10-7-5-4-6-8-11-17/h12-15,17,19H,2-11H2,1H3. The molecule has 0 atom stereocenters. The molecule has 3 nitrogen and oxygen atoms in total. The Morgan fingerprint density at radius 3 is 2.18 bits per heavy atom. The summed E-state index contributed by atoms with van der Waals surface area (Å²) < 4.78 is 27.9. The van der Waals surface area contributed by atoms with Crippen LogP contribution in [0.25, 0.3) is 0 Å². The summed E-state index contributed by atoms with van der Waals surface area (Å²) in [7, 11) is -3.38. The minimum atomic E-state index is -3.38. The highest BCUT2D eigenvalue weighted by Crippen LogP contribution is 2.20. The lowest BCUT2D eigenvalue weighted by Crippen LogP contribution is -2.35. The van der Waals surface area contributed by atoms with E-state index >= 15 is 0 Å². The maximum Gasteiger partial charge on any atom is 0.240 e. The van der Waals surface area contributed by atoms with E-state index in [1.54, 1.807) is 12.1 Å². The second-order valence-corrected chi connectivity index (χ2v) is 8.12. The second-order valence-electron chi connectivity index (χ2n) is 6.41. The summed E-state index contributed by atoms with van der Waals surface area (Å²) in [5.74, 6) is 0. The predicted octanol–water partition coefficient (Wildman–Crippen LogP) is 4.42. The van der Waals surface area contributed by atoms with Crippen LogP contribution in [0.15, 0.2) is 29.2 Å². The summed E-state index contributed by atoms with van der Waals surface area (Å²) in [6, 6.07) is 7.49. The number of rotatable bonds is 6. The highest BCUT2D eigenvalue weighted by Gasteiger charge is 2.20. The summed E-state index contributed by atoms with van der Waals surface area (Å²) >= 11 is 0. The van der Waals surface area contributed by atoms with Crippen LogP contribution in [0.5, 0.6) is 0 Å². The van der Waals surface area contributed by atoms with E-state index in [1.165, 1.54) is 24.8 Å². The summed E-state index contributed by atoms with van der Waals surface area (Å²) in [4.78, 5) is 0.398. The molecule has 0 bridgehead atoms. The quantitative estimate of drug-likeness (QED) is 0.842. The second kappa shape index (κ2) is 8.68.